The van der Waals surface area contributed by atoms with Gasteiger partial charge >= 0.3 is 0 Å². The molecule has 3 aromatic rings. The summed E-state index contributed by atoms with van der Waals surface area (Å²) in [6.45, 7) is 3.39. The van der Waals surface area contributed by atoms with Crippen LogP contribution >= 0.6 is 0 Å². The molecule has 2 heterocycles. The lowest BCUT2D eigenvalue weighted by Gasteiger charge is -2.40. The second kappa shape index (κ2) is 7.64. The van der Waals surface area contributed by atoms with Gasteiger partial charge in [0.15, 0.2) is 0 Å². The summed E-state index contributed by atoms with van der Waals surface area (Å²) in [5.41, 5.74) is 7.43. The zero-order valence-electron chi connectivity index (χ0n) is 17.1. The second-order valence-electron chi connectivity index (χ2n) is 8.52. The SMILES string of the molecule is COc1ccc(CN2CCC3(CCc4cc(-c5cccnc5)ccc43)CC2)cc1. The van der Waals surface area contributed by atoms with Gasteiger partial charge in [-0.05, 0) is 90.2 Å². The fourth-order valence-corrected chi connectivity index (χ4v) is 5.19. The highest BCUT2D eigenvalue weighted by molar-refractivity contribution is 5.65. The number of hydrogen-bond donors (Lipinski definition) is 0. The molecule has 0 atom stereocenters. The maximum atomic E-state index is 5.28. The highest BCUT2D eigenvalue weighted by Gasteiger charge is 2.41. The van der Waals surface area contributed by atoms with E-state index in [4.69, 9.17) is 4.74 Å². The smallest absolute Gasteiger partial charge is 0.118 e. The van der Waals surface area contributed by atoms with E-state index in [0.717, 1.165) is 12.3 Å². The minimum Gasteiger partial charge on any atom is -0.497 e. The van der Waals surface area contributed by atoms with Gasteiger partial charge in [-0.2, -0.15) is 0 Å². The van der Waals surface area contributed by atoms with Gasteiger partial charge in [-0.1, -0.05) is 36.4 Å². The minimum atomic E-state index is 0.388. The molecule has 1 aliphatic heterocycles. The highest BCUT2D eigenvalue weighted by Crippen LogP contribution is 2.47. The van der Waals surface area contributed by atoms with Crippen molar-refractivity contribution in [2.24, 2.45) is 0 Å². The van der Waals surface area contributed by atoms with Gasteiger partial charge in [0.25, 0.3) is 0 Å². The summed E-state index contributed by atoms with van der Waals surface area (Å²) in [4.78, 5) is 6.88. The molecule has 1 aliphatic carbocycles. The zero-order chi connectivity index (χ0) is 19.7. The first-order chi connectivity index (χ1) is 14.3. The van der Waals surface area contributed by atoms with E-state index in [9.17, 15) is 0 Å². The number of hydrogen-bond acceptors (Lipinski definition) is 3. The number of piperidine rings is 1. The minimum absolute atomic E-state index is 0.388. The van der Waals surface area contributed by atoms with Crippen molar-refractivity contribution in [1.82, 2.24) is 9.88 Å². The van der Waals surface area contributed by atoms with E-state index in [1.54, 1.807) is 18.2 Å². The van der Waals surface area contributed by atoms with Crippen LogP contribution in [0.5, 0.6) is 5.75 Å². The summed E-state index contributed by atoms with van der Waals surface area (Å²) in [6.07, 6.45) is 8.84. The molecular formula is C26H28N2O. The number of ether oxygens (including phenoxy) is 1. The molecule has 3 nitrogen and oxygen atoms in total. The Balaban J connectivity index is 1.28. The fourth-order valence-electron chi connectivity index (χ4n) is 5.19. The Hall–Kier alpha value is -2.65. The number of methoxy groups -OCH3 is 1. The number of nitrogens with zero attached hydrogens (tertiary/aromatic N) is 2. The van der Waals surface area contributed by atoms with Crippen LogP contribution in [0.3, 0.4) is 0 Å². The summed E-state index contributed by atoms with van der Waals surface area (Å²) in [7, 11) is 1.72. The average molecular weight is 385 g/mol. The third kappa shape index (κ3) is 3.56. The monoisotopic (exact) mass is 384 g/mol. The molecule has 1 aromatic heterocycles. The van der Waals surface area contributed by atoms with Crippen LogP contribution in [-0.2, 0) is 18.4 Å². The molecule has 1 fully saturated rings. The number of aryl methyl sites for hydroxylation is 1. The fraction of sp³-hybridized carbons (Fsp3) is 0.346. The highest BCUT2D eigenvalue weighted by atomic mass is 16.5. The average Bonchev–Trinajstić information content (AvgIpc) is 3.14. The Morgan fingerprint density at radius 3 is 2.52 bits per heavy atom. The number of benzene rings is 2. The third-order valence-electron chi connectivity index (χ3n) is 6.92. The van der Waals surface area contributed by atoms with Crippen LogP contribution in [0.1, 0.15) is 36.0 Å². The van der Waals surface area contributed by atoms with Gasteiger partial charge < -0.3 is 4.74 Å². The topological polar surface area (TPSA) is 25.4 Å². The van der Waals surface area contributed by atoms with E-state index in [1.165, 1.54) is 55.5 Å². The van der Waals surface area contributed by atoms with Gasteiger partial charge in [0.05, 0.1) is 7.11 Å². The van der Waals surface area contributed by atoms with Crippen molar-refractivity contribution in [3.05, 3.63) is 83.7 Å². The Bertz CT molecular complexity index is 973. The van der Waals surface area contributed by atoms with Crippen LogP contribution in [0.2, 0.25) is 0 Å². The van der Waals surface area contributed by atoms with Crippen molar-refractivity contribution >= 4 is 0 Å². The van der Waals surface area contributed by atoms with Crippen molar-refractivity contribution in [2.45, 2.75) is 37.6 Å². The molecule has 1 spiro atoms. The van der Waals surface area contributed by atoms with Crippen molar-refractivity contribution in [2.75, 3.05) is 20.2 Å². The molecule has 0 amide bonds. The van der Waals surface area contributed by atoms with E-state index in [0.29, 0.717) is 5.41 Å². The molecule has 2 aromatic carbocycles. The van der Waals surface area contributed by atoms with Gasteiger partial charge in [0.1, 0.15) is 5.75 Å². The summed E-state index contributed by atoms with van der Waals surface area (Å²) < 4.78 is 5.28. The second-order valence-corrected chi connectivity index (χ2v) is 8.52. The molecular weight excluding hydrogens is 356 g/mol. The first-order valence-corrected chi connectivity index (χ1v) is 10.6. The molecule has 0 bridgehead atoms. The van der Waals surface area contributed by atoms with Gasteiger partial charge in [-0.3, -0.25) is 9.88 Å². The molecule has 0 saturated carbocycles. The molecule has 3 heteroatoms. The largest absolute Gasteiger partial charge is 0.497 e. The van der Waals surface area contributed by atoms with Crippen LogP contribution in [0.25, 0.3) is 11.1 Å². The van der Waals surface area contributed by atoms with Gasteiger partial charge in [-0.15, -0.1) is 0 Å². The number of pyridine rings is 1. The maximum Gasteiger partial charge on any atom is 0.118 e. The van der Waals surface area contributed by atoms with Crippen LogP contribution in [0.4, 0.5) is 0 Å². The Labute approximate surface area is 173 Å². The normalized spacial score (nSPS) is 18.0. The van der Waals surface area contributed by atoms with Crippen LogP contribution in [0.15, 0.2) is 67.0 Å². The quantitative estimate of drug-likeness (QED) is 0.615. The first kappa shape index (κ1) is 18.4. The van der Waals surface area contributed by atoms with Crippen LogP contribution < -0.4 is 4.74 Å². The lowest BCUT2D eigenvalue weighted by molar-refractivity contribution is 0.152. The number of aromatic nitrogens is 1. The molecule has 5 rings (SSSR count). The van der Waals surface area contributed by atoms with E-state index in [2.05, 4.69) is 58.4 Å². The summed E-state index contributed by atoms with van der Waals surface area (Å²) in [5.74, 6) is 0.930. The number of fused-ring (bicyclic) bond motifs is 2. The molecule has 0 N–H and O–H groups in total. The molecule has 29 heavy (non-hydrogen) atoms. The molecule has 2 aliphatic rings. The molecule has 148 valence electrons. The Morgan fingerprint density at radius 2 is 1.79 bits per heavy atom. The lowest BCUT2D eigenvalue weighted by Crippen LogP contribution is -2.41. The van der Waals surface area contributed by atoms with Crippen molar-refractivity contribution in [3.63, 3.8) is 0 Å². The van der Waals surface area contributed by atoms with Crippen molar-refractivity contribution < 1.29 is 4.74 Å². The molecule has 0 unspecified atom stereocenters. The van der Waals surface area contributed by atoms with Gasteiger partial charge in [0, 0.05) is 18.9 Å². The van der Waals surface area contributed by atoms with Crippen LogP contribution in [-0.4, -0.2) is 30.1 Å². The van der Waals surface area contributed by atoms with Gasteiger partial charge in [0.2, 0.25) is 0 Å². The van der Waals surface area contributed by atoms with Gasteiger partial charge in [-0.25, -0.2) is 0 Å². The van der Waals surface area contributed by atoms with E-state index >= 15 is 0 Å². The third-order valence-corrected chi connectivity index (χ3v) is 6.92. The van der Waals surface area contributed by atoms with Crippen LogP contribution in [0, 0.1) is 0 Å². The van der Waals surface area contributed by atoms with Crippen molar-refractivity contribution in [3.8, 4) is 16.9 Å². The Kier molecular flexibility index (Phi) is 4.84. The molecule has 1 saturated heterocycles. The van der Waals surface area contributed by atoms with E-state index in [1.807, 2.05) is 18.5 Å². The number of rotatable bonds is 4. The molecule has 0 radical (unpaired) electrons. The zero-order valence-corrected chi connectivity index (χ0v) is 17.1. The predicted molar refractivity (Wildman–Crippen MR) is 117 cm³/mol. The number of likely N-dealkylation sites (tertiary alicyclic amines) is 1. The summed E-state index contributed by atoms with van der Waals surface area (Å²) in [5, 5.41) is 0. The van der Waals surface area contributed by atoms with Crippen molar-refractivity contribution in [1.29, 1.82) is 0 Å². The Morgan fingerprint density at radius 1 is 0.966 bits per heavy atom. The van der Waals surface area contributed by atoms with E-state index < -0.39 is 0 Å². The van der Waals surface area contributed by atoms with E-state index in [-0.39, 0.29) is 0 Å². The lowest BCUT2D eigenvalue weighted by atomic mass is 9.73. The predicted octanol–water partition coefficient (Wildman–Crippen LogP) is 5.24. The summed E-state index contributed by atoms with van der Waals surface area (Å²) in [6, 6.07) is 19.8. The maximum absolute atomic E-state index is 5.28. The summed E-state index contributed by atoms with van der Waals surface area (Å²) >= 11 is 0. The standard InChI is InChI=1S/C26H28N2O/c1-29-24-7-4-20(5-8-24)19-28-15-12-26(13-16-28)11-10-22-17-21(6-9-25(22)26)23-3-2-14-27-18-23/h2-9,14,17-18H,10-13,15-16,19H2,1H3. The first-order valence-electron chi connectivity index (χ1n) is 10.6.